The predicted octanol–water partition coefficient (Wildman–Crippen LogP) is 6.67. The number of benzene rings is 1. The summed E-state index contributed by atoms with van der Waals surface area (Å²) >= 11 is 1.56. The molecule has 4 nitrogen and oxygen atoms in total. The molecule has 1 fully saturated rings. The fourth-order valence-electron chi connectivity index (χ4n) is 4.92. The molecule has 0 bridgehead atoms. The second kappa shape index (κ2) is 9.82. The van der Waals surface area contributed by atoms with Crippen LogP contribution in [0.15, 0.2) is 42.0 Å². The van der Waals surface area contributed by atoms with Gasteiger partial charge >= 0.3 is 6.09 Å². The number of amides is 1. The van der Waals surface area contributed by atoms with Crippen molar-refractivity contribution in [2.24, 2.45) is 11.8 Å². The highest BCUT2D eigenvalue weighted by Gasteiger charge is 2.32. The Morgan fingerprint density at radius 2 is 1.94 bits per heavy atom. The molecule has 31 heavy (non-hydrogen) atoms. The highest BCUT2D eigenvalue weighted by atomic mass is 32.1. The lowest BCUT2D eigenvalue weighted by Crippen LogP contribution is -2.39. The van der Waals surface area contributed by atoms with Crippen molar-refractivity contribution in [2.45, 2.75) is 46.0 Å². The Balaban J connectivity index is 1.73. The first-order chi connectivity index (χ1) is 15.1. The second-order valence-electron chi connectivity index (χ2n) is 8.70. The van der Waals surface area contributed by atoms with E-state index >= 15 is 0 Å². The van der Waals surface area contributed by atoms with Gasteiger partial charge in [-0.3, -0.25) is 4.79 Å². The lowest BCUT2D eigenvalue weighted by atomic mass is 9.75. The Morgan fingerprint density at radius 3 is 2.61 bits per heavy atom. The maximum absolute atomic E-state index is 12.5. The average molecular weight is 438 g/mol. The number of carbonyl (C=O) groups is 2. The molecule has 1 aliphatic carbocycles. The van der Waals surface area contributed by atoms with Crippen molar-refractivity contribution in [3.8, 4) is 10.4 Å². The summed E-state index contributed by atoms with van der Waals surface area (Å²) < 4.78 is 5.29. The van der Waals surface area contributed by atoms with E-state index in [0.29, 0.717) is 25.6 Å². The highest BCUT2D eigenvalue weighted by molar-refractivity contribution is 7.17. The molecule has 164 valence electrons. The number of aldehydes is 1. The number of thiophene rings is 1. The molecule has 1 saturated carbocycles. The molecular formula is C26H31NO3S. The van der Waals surface area contributed by atoms with E-state index in [9.17, 15) is 9.59 Å². The first-order valence-electron chi connectivity index (χ1n) is 11.4. The molecule has 0 N–H and O–H groups in total. The van der Waals surface area contributed by atoms with Gasteiger partial charge in [0.05, 0.1) is 11.5 Å². The molecular weight excluding hydrogens is 406 g/mol. The van der Waals surface area contributed by atoms with Crippen LogP contribution in [0.1, 0.15) is 61.2 Å². The largest absolute Gasteiger partial charge is 0.450 e. The van der Waals surface area contributed by atoms with Crippen LogP contribution in [-0.2, 0) is 4.74 Å². The lowest BCUT2D eigenvalue weighted by molar-refractivity contribution is 0.108. The Hall–Kier alpha value is -2.40. The van der Waals surface area contributed by atoms with Gasteiger partial charge in [-0.05, 0) is 66.4 Å². The smallest absolute Gasteiger partial charge is 0.410 e. The van der Waals surface area contributed by atoms with Gasteiger partial charge in [-0.1, -0.05) is 50.1 Å². The number of hydrogen-bond acceptors (Lipinski definition) is 4. The zero-order chi connectivity index (χ0) is 21.8. The van der Waals surface area contributed by atoms with Gasteiger partial charge in [0.25, 0.3) is 0 Å². The summed E-state index contributed by atoms with van der Waals surface area (Å²) in [5.41, 5.74) is 4.82. The van der Waals surface area contributed by atoms with Crippen LogP contribution < -0.4 is 0 Å². The van der Waals surface area contributed by atoms with E-state index in [-0.39, 0.29) is 6.09 Å². The fourth-order valence-corrected chi connectivity index (χ4v) is 5.93. The molecule has 0 unspecified atom stereocenters. The van der Waals surface area contributed by atoms with Gasteiger partial charge < -0.3 is 9.64 Å². The topological polar surface area (TPSA) is 46.6 Å². The van der Waals surface area contributed by atoms with E-state index < -0.39 is 0 Å². The molecule has 1 amide bonds. The van der Waals surface area contributed by atoms with E-state index in [1.54, 1.807) is 11.3 Å². The SMILES string of the molecule is CCOC(=O)N1CCC(c2cc(-c3ccccc3)sc2C=O)=C(C2CCC(C)CC2)C1. The zero-order valence-corrected chi connectivity index (χ0v) is 19.2. The van der Waals surface area contributed by atoms with Gasteiger partial charge in [-0.25, -0.2) is 4.79 Å². The third-order valence-electron chi connectivity index (χ3n) is 6.67. The fraction of sp³-hybridized carbons (Fsp3) is 0.462. The van der Waals surface area contributed by atoms with Gasteiger partial charge in [0.2, 0.25) is 0 Å². The van der Waals surface area contributed by atoms with E-state index in [1.807, 2.05) is 30.0 Å². The van der Waals surface area contributed by atoms with Crippen LogP contribution in [0.5, 0.6) is 0 Å². The number of rotatable bonds is 5. The second-order valence-corrected chi connectivity index (χ2v) is 9.79. The van der Waals surface area contributed by atoms with E-state index in [2.05, 4.69) is 25.1 Å². The first-order valence-corrected chi connectivity index (χ1v) is 12.2. The monoisotopic (exact) mass is 437 g/mol. The lowest BCUT2D eigenvalue weighted by Gasteiger charge is -2.36. The van der Waals surface area contributed by atoms with E-state index in [4.69, 9.17) is 4.74 Å². The van der Waals surface area contributed by atoms with Crippen molar-refractivity contribution in [1.29, 1.82) is 0 Å². The minimum atomic E-state index is -0.228. The van der Waals surface area contributed by atoms with Crippen LogP contribution in [0.2, 0.25) is 0 Å². The molecule has 1 aromatic carbocycles. The van der Waals surface area contributed by atoms with Gasteiger partial charge in [0.1, 0.15) is 0 Å². The van der Waals surface area contributed by atoms with Crippen LogP contribution in [-0.4, -0.2) is 37.0 Å². The van der Waals surface area contributed by atoms with Gasteiger partial charge in [-0.2, -0.15) is 0 Å². The molecule has 0 saturated heterocycles. The van der Waals surface area contributed by atoms with Crippen LogP contribution in [0.4, 0.5) is 4.79 Å². The highest BCUT2D eigenvalue weighted by Crippen LogP contribution is 2.43. The van der Waals surface area contributed by atoms with Crippen molar-refractivity contribution in [1.82, 2.24) is 4.90 Å². The van der Waals surface area contributed by atoms with Crippen molar-refractivity contribution in [3.05, 3.63) is 52.4 Å². The number of hydrogen-bond donors (Lipinski definition) is 0. The van der Waals surface area contributed by atoms with Crippen LogP contribution >= 0.6 is 11.3 Å². The number of carbonyl (C=O) groups excluding carboxylic acids is 2. The molecule has 2 aliphatic rings. The van der Waals surface area contributed by atoms with Gasteiger partial charge in [0, 0.05) is 18.0 Å². The van der Waals surface area contributed by atoms with Crippen molar-refractivity contribution >= 4 is 29.3 Å². The Morgan fingerprint density at radius 1 is 1.19 bits per heavy atom. The molecule has 2 heterocycles. The summed E-state index contributed by atoms with van der Waals surface area (Å²) in [6.45, 7) is 5.81. The quantitative estimate of drug-likeness (QED) is 0.491. The first kappa shape index (κ1) is 21.8. The summed E-state index contributed by atoms with van der Waals surface area (Å²) in [6.07, 6.45) is 6.30. The van der Waals surface area contributed by atoms with Crippen molar-refractivity contribution < 1.29 is 14.3 Å². The summed E-state index contributed by atoms with van der Waals surface area (Å²) in [4.78, 5) is 28.2. The van der Waals surface area contributed by atoms with Crippen LogP contribution in [0.25, 0.3) is 16.0 Å². The van der Waals surface area contributed by atoms with E-state index in [1.165, 1.54) is 24.0 Å². The zero-order valence-electron chi connectivity index (χ0n) is 18.4. The van der Waals surface area contributed by atoms with Crippen LogP contribution in [0, 0.1) is 11.8 Å². The minimum absolute atomic E-state index is 0.228. The summed E-state index contributed by atoms with van der Waals surface area (Å²) in [5, 5.41) is 0. The Labute approximate surface area is 188 Å². The third-order valence-corrected chi connectivity index (χ3v) is 7.78. The molecule has 4 rings (SSSR count). The Bertz CT molecular complexity index is 954. The predicted molar refractivity (Wildman–Crippen MR) is 126 cm³/mol. The summed E-state index contributed by atoms with van der Waals surface area (Å²) in [7, 11) is 0. The Kier molecular flexibility index (Phi) is 6.91. The molecule has 1 aliphatic heterocycles. The normalized spacial score (nSPS) is 21.8. The molecule has 0 radical (unpaired) electrons. The molecule has 0 atom stereocenters. The van der Waals surface area contributed by atoms with Crippen molar-refractivity contribution in [2.75, 3.05) is 19.7 Å². The summed E-state index contributed by atoms with van der Waals surface area (Å²) in [6, 6.07) is 12.4. The minimum Gasteiger partial charge on any atom is -0.450 e. The van der Waals surface area contributed by atoms with Crippen LogP contribution in [0.3, 0.4) is 0 Å². The number of ether oxygens (including phenoxy) is 1. The molecule has 1 aromatic heterocycles. The maximum Gasteiger partial charge on any atom is 0.410 e. The molecule has 5 heteroatoms. The molecule has 0 spiro atoms. The maximum atomic E-state index is 12.5. The van der Waals surface area contributed by atoms with Crippen molar-refractivity contribution in [3.63, 3.8) is 0 Å². The van der Waals surface area contributed by atoms with E-state index in [0.717, 1.165) is 52.3 Å². The average Bonchev–Trinajstić information content (AvgIpc) is 3.24. The number of nitrogens with zero attached hydrogens (tertiary/aromatic N) is 1. The third kappa shape index (κ3) is 4.77. The van der Waals surface area contributed by atoms with Gasteiger partial charge in [0.15, 0.2) is 6.29 Å². The standard InChI is InChI=1S/C26H31NO3S/c1-3-30-26(29)27-14-13-21(23(16-27)19-11-9-18(2)10-12-19)22-15-24(31-25(22)17-28)20-7-5-4-6-8-20/h4-8,15,17-19H,3,9-14,16H2,1-2H3. The summed E-state index contributed by atoms with van der Waals surface area (Å²) in [5.74, 6) is 1.24. The molecule has 2 aromatic rings. The van der Waals surface area contributed by atoms with Gasteiger partial charge in [-0.15, -0.1) is 11.3 Å².